The van der Waals surface area contributed by atoms with Crippen LogP contribution in [0.3, 0.4) is 0 Å². The number of hydrogen-bond donors (Lipinski definition) is 0. The molecule has 58 valence electrons. The maximum atomic E-state index is 5.17. The Balaban J connectivity index is 3.58. The van der Waals surface area contributed by atoms with Crippen molar-refractivity contribution in [2.45, 2.75) is 32.8 Å². The first kappa shape index (κ1) is 9.28. The molecule has 0 aliphatic carbocycles. The molecule has 0 amide bonds. The zero-order chi connectivity index (χ0) is 7.82. The molecule has 1 atom stereocenters. The number of rotatable bonds is 5. The van der Waals surface area contributed by atoms with Gasteiger partial charge in [0.2, 0.25) is 0 Å². The molecule has 0 bridgehead atoms. The fourth-order valence-corrected chi connectivity index (χ4v) is 0.689. The van der Waals surface area contributed by atoms with Crippen LogP contribution in [0.15, 0.2) is 25.0 Å². The minimum atomic E-state index is 0.220. The van der Waals surface area contributed by atoms with Crippen LogP contribution in [0.4, 0.5) is 0 Å². The standard InChI is InChI=1S/C9H16O/c1-4-7-8-9(5-2)10-6-3/h6-9H,3-5H2,1-2H3. The van der Waals surface area contributed by atoms with Gasteiger partial charge < -0.3 is 4.74 Å². The molecule has 0 aromatic heterocycles. The third-order valence-electron chi connectivity index (χ3n) is 1.26. The van der Waals surface area contributed by atoms with E-state index in [1.165, 1.54) is 6.26 Å². The molecule has 0 aromatic rings. The fraction of sp³-hybridized carbons (Fsp3) is 0.556. The van der Waals surface area contributed by atoms with Crippen molar-refractivity contribution in [3.05, 3.63) is 25.0 Å². The van der Waals surface area contributed by atoms with Gasteiger partial charge >= 0.3 is 0 Å². The highest BCUT2D eigenvalue weighted by Crippen LogP contribution is 2.00. The Labute approximate surface area is 63.4 Å². The summed E-state index contributed by atoms with van der Waals surface area (Å²) in [5, 5.41) is 0. The molecular formula is C9H16O. The van der Waals surface area contributed by atoms with Gasteiger partial charge in [0.1, 0.15) is 6.10 Å². The second kappa shape index (κ2) is 6.40. The Bertz CT molecular complexity index is 105. The lowest BCUT2D eigenvalue weighted by molar-refractivity contribution is 0.184. The van der Waals surface area contributed by atoms with Gasteiger partial charge in [-0.3, -0.25) is 0 Å². The number of ether oxygens (including phenoxy) is 1. The van der Waals surface area contributed by atoms with Gasteiger partial charge in [-0.25, -0.2) is 0 Å². The molecule has 0 fully saturated rings. The van der Waals surface area contributed by atoms with Crippen LogP contribution in [0.25, 0.3) is 0 Å². The highest BCUT2D eigenvalue weighted by molar-refractivity contribution is 4.88. The first-order chi connectivity index (χ1) is 4.85. The quantitative estimate of drug-likeness (QED) is 0.421. The van der Waals surface area contributed by atoms with E-state index in [9.17, 15) is 0 Å². The maximum absolute atomic E-state index is 5.17. The van der Waals surface area contributed by atoms with E-state index in [-0.39, 0.29) is 6.10 Å². The highest BCUT2D eigenvalue weighted by atomic mass is 16.5. The summed E-state index contributed by atoms with van der Waals surface area (Å²) in [6, 6.07) is 0. The molecule has 0 radical (unpaired) electrons. The molecule has 0 saturated carbocycles. The van der Waals surface area contributed by atoms with Gasteiger partial charge in [-0.2, -0.15) is 0 Å². The summed E-state index contributed by atoms with van der Waals surface area (Å²) < 4.78 is 5.17. The fourth-order valence-electron chi connectivity index (χ4n) is 0.689. The summed E-state index contributed by atoms with van der Waals surface area (Å²) >= 11 is 0. The van der Waals surface area contributed by atoms with Crippen molar-refractivity contribution in [1.82, 2.24) is 0 Å². The summed E-state index contributed by atoms with van der Waals surface area (Å²) in [5.74, 6) is 0. The smallest absolute Gasteiger partial charge is 0.116 e. The van der Waals surface area contributed by atoms with Gasteiger partial charge in [0.05, 0.1) is 6.26 Å². The molecule has 1 nitrogen and oxygen atoms in total. The van der Waals surface area contributed by atoms with E-state index in [4.69, 9.17) is 4.74 Å². The molecule has 0 aromatic carbocycles. The van der Waals surface area contributed by atoms with Gasteiger partial charge in [0.15, 0.2) is 0 Å². The third kappa shape index (κ3) is 4.19. The molecule has 1 heteroatoms. The van der Waals surface area contributed by atoms with Gasteiger partial charge in [-0.05, 0) is 18.9 Å². The molecule has 0 saturated heterocycles. The molecule has 0 spiro atoms. The molecular weight excluding hydrogens is 124 g/mol. The predicted molar refractivity (Wildman–Crippen MR) is 44.8 cm³/mol. The average molecular weight is 140 g/mol. The van der Waals surface area contributed by atoms with Crippen LogP contribution in [-0.2, 0) is 4.74 Å². The minimum absolute atomic E-state index is 0.220. The van der Waals surface area contributed by atoms with Crippen LogP contribution in [0.5, 0.6) is 0 Å². The minimum Gasteiger partial charge on any atom is -0.495 e. The molecule has 0 heterocycles. The van der Waals surface area contributed by atoms with Crippen LogP contribution in [0.1, 0.15) is 26.7 Å². The lowest BCUT2D eigenvalue weighted by Gasteiger charge is -2.07. The molecule has 0 aliphatic rings. The van der Waals surface area contributed by atoms with Crippen LogP contribution < -0.4 is 0 Å². The second-order valence-corrected chi connectivity index (χ2v) is 2.09. The van der Waals surface area contributed by atoms with Gasteiger partial charge in [-0.1, -0.05) is 26.5 Å². The predicted octanol–water partition coefficient (Wildman–Crippen LogP) is 2.89. The lowest BCUT2D eigenvalue weighted by atomic mass is 10.2. The summed E-state index contributed by atoms with van der Waals surface area (Å²) in [4.78, 5) is 0. The van der Waals surface area contributed by atoms with Gasteiger partial charge in [0, 0.05) is 0 Å². The summed E-state index contributed by atoms with van der Waals surface area (Å²) in [7, 11) is 0. The Morgan fingerprint density at radius 1 is 1.50 bits per heavy atom. The van der Waals surface area contributed by atoms with Crippen molar-refractivity contribution in [3.63, 3.8) is 0 Å². The molecule has 0 rings (SSSR count). The van der Waals surface area contributed by atoms with E-state index in [0.717, 1.165) is 12.8 Å². The second-order valence-electron chi connectivity index (χ2n) is 2.09. The SMILES string of the molecule is C=COC(C=CCC)CC. The Kier molecular flexibility index (Phi) is 5.94. The number of hydrogen-bond acceptors (Lipinski definition) is 1. The first-order valence-corrected chi connectivity index (χ1v) is 3.78. The monoisotopic (exact) mass is 140 g/mol. The van der Waals surface area contributed by atoms with Crippen molar-refractivity contribution < 1.29 is 4.74 Å². The zero-order valence-corrected chi connectivity index (χ0v) is 6.84. The molecule has 0 N–H and O–H groups in total. The van der Waals surface area contributed by atoms with Crippen LogP contribution in [-0.4, -0.2) is 6.10 Å². The first-order valence-electron chi connectivity index (χ1n) is 3.78. The van der Waals surface area contributed by atoms with Crippen molar-refractivity contribution >= 4 is 0 Å². The third-order valence-corrected chi connectivity index (χ3v) is 1.26. The van der Waals surface area contributed by atoms with Crippen LogP contribution in [0.2, 0.25) is 0 Å². The van der Waals surface area contributed by atoms with E-state index in [0.29, 0.717) is 0 Å². The van der Waals surface area contributed by atoms with E-state index in [2.05, 4.69) is 32.6 Å². The normalized spacial score (nSPS) is 13.4. The summed E-state index contributed by atoms with van der Waals surface area (Å²) in [5.41, 5.74) is 0. The Morgan fingerprint density at radius 2 is 2.20 bits per heavy atom. The maximum Gasteiger partial charge on any atom is 0.116 e. The van der Waals surface area contributed by atoms with E-state index in [1.54, 1.807) is 0 Å². The van der Waals surface area contributed by atoms with Gasteiger partial charge in [-0.15, -0.1) is 0 Å². The van der Waals surface area contributed by atoms with E-state index >= 15 is 0 Å². The molecule has 10 heavy (non-hydrogen) atoms. The highest BCUT2D eigenvalue weighted by Gasteiger charge is 1.96. The average Bonchev–Trinajstić information content (AvgIpc) is 1.98. The Hall–Kier alpha value is -0.720. The van der Waals surface area contributed by atoms with Crippen molar-refractivity contribution in [1.29, 1.82) is 0 Å². The largest absolute Gasteiger partial charge is 0.495 e. The van der Waals surface area contributed by atoms with Crippen LogP contribution >= 0.6 is 0 Å². The zero-order valence-electron chi connectivity index (χ0n) is 6.84. The molecule has 0 aliphatic heterocycles. The summed E-state index contributed by atoms with van der Waals surface area (Å²) in [6.45, 7) is 7.70. The molecule has 1 unspecified atom stereocenters. The Morgan fingerprint density at radius 3 is 2.60 bits per heavy atom. The van der Waals surface area contributed by atoms with Crippen molar-refractivity contribution in [3.8, 4) is 0 Å². The van der Waals surface area contributed by atoms with E-state index < -0.39 is 0 Å². The number of allylic oxidation sites excluding steroid dienone is 1. The van der Waals surface area contributed by atoms with Crippen LogP contribution in [0, 0.1) is 0 Å². The summed E-state index contributed by atoms with van der Waals surface area (Å²) in [6.07, 6.45) is 7.96. The van der Waals surface area contributed by atoms with E-state index in [1.807, 2.05) is 0 Å². The topological polar surface area (TPSA) is 9.23 Å². The van der Waals surface area contributed by atoms with Crippen molar-refractivity contribution in [2.24, 2.45) is 0 Å². The van der Waals surface area contributed by atoms with Gasteiger partial charge in [0.25, 0.3) is 0 Å². The van der Waals surface area contributed by atoms with Crippen molar-refractivity contribution in [2.75, 3.05) is 0 Å². The lowest BCUT2D eigenvalue weighted by Crippen LogP contribution is -2.02.